The van der Waals surface area contributed by atoms with Crippen LogP contribution in [0.25, 0.3) is 0 Å². The van der Waals surface area contributed by atoms with E-state index in [4.69, 9.17) is 4.74 Å². The van der Waals surface area contributed by atoms with E-state index in [1.54, 1.807) is 0 Å². The molecule has 0 aliphatic carbocycles. The largest absolute Gasteiger partial charge is 0.374 e. The predicted octanol–water partition coefficient (Wildman–Crippen LogP) is 2.12. The second kappa shape index (κ2) is 6.50. The van der Waals surface area contributed by atoms with E-state index in [-0.39, 0.29) is 6.10 Å². The van der Waals surface area contributed by atoms with Gasteiger partial charge in [-0.25, -0.2) is 0 Å². The minimum absolute atomic E-state index is 0.277. The highest BCUT2D eigenvalue weighted by Crippen LogP contribution is 2.32. The lowest BCUT2D eigenvalue weighted by Gasteiger charge is -2.40. The number of thiophene rings is 1. The van der Waals surface area contributed by atoms with Gasteiger partial charge in [-0.15, -0.1) is 11.3 Å². The maximum atomic E-state index is 5.93. The molecule has 3 nitrogen and oxygen atoms in total. The zero-order chi connectivity index (χ0) is 12.1. The summed E-state index contributed by atoms with van der Waals surface area (Å²) < 4.78 is 5.93. The summed E-state index contributed by atoms with van der Waals surface area (Å²) in [6.45, 7) is 6.23. The summed E-state index contributed by atoms with van der Waals surface area (Å²) >= 11 is 1.84. The van der Waals surface area contributed by atoms with Crippen LogP contribution < -0.4 is 5.32 Å². The predicted molar refractivity (Wildman–Crippen MR) is 72.6 cm³/mol. The van der Waals surface area contributed by atoms with Crippen molar-refractivity contribution in [3.63, 3.8) is 0 Å². The minimum Gasteiger partial charge on any atom is -0.374 e. The molecule has 17 heavy (non-hydrogen) atoms. The normalized spacial score (nSPS) is 26.2. The molecule has 1 fully saturated rings. The van der Waals surface area contributed by atoms with Gasteiger partial charge in [-0.3, -0.25) is 4.90 Å². The molecule has 0 aromatic carbocycles. The standard InChI is InChI=1S/C13H22N2OS/c1-3-6-15-7-8-16-11(10-14-2)13(15)12-5-4-9-17-12/h4-5,9,11,13-14H,3,6-8,10H2,1-2H3. The molecule has 96 valence electrons. The zero-order valence-corrected chi connectivity index (χ0v) is 11.5. The Morgan fingerprint density at radius 1 is 1.59 bits per heavy atom. The molecule has 2 unspecified atom stereocenters. The van der Waals surface area contributed by atoms with Crippen LogP contribution in [0.3, 0.4) is 0 Å². The van der Waals surface area contributed by atoms with Crippen molar-refractivity contribution in [3.05, 3.63) is 22.4 Å². The molecule has 0 saturated carbocycles. The lowest BCUT2D eigenvalue weighted by atomic mass is 10.0. The van der Waals surface area contributed by atoms with E-state index < -0.39 is 0 Å². The van der Waals surface area contributed by atoms with Gasteiger partial charge in [-0.2, -0.15) is 0 Å². The van der Waals surface area contributed by atoms with Gasteiger partial charge >= 0.3 is 0 Å². The second-order valence-electron chi connectivity index (χ2n) is 4.46. The van der Waals surface area contributed by atoms with E-state index in [1.165, 1.54) is 11.3 Å². The molecule has 1 aromatic heterocycles. The lowest BCUT2D eigenvalue weighted by Crippen LogP contribution is -2.48. The summed E-state index contributed by atoms with van der Waals surface area (Å²) in [5, 5.41) is 5.40. The van der Waals surface area contributed by atoms with Crippen molar-refractivity contribution in [1.29, 1.82) is 0 Å². The molecule has 2 heterocycles. The molecule has 2 atom stereocenters. The van der Waals surface area contributed by atoms with Gasteiger partial charge in [0, 0.05) is 18.0 Å². The molecule has 0 bridgehead atoms. The Morgan fingerprint density at radius 2 is 2.47 bits per heavy atom. The van der Waals surface area contributed by atoms with Gasteiger partial charge in [0.15, 0.2) is 0 Å². The third-order valence-electron chi connectivity index (χ3n) is 3.21. The quantitative estimate of drug-likeness (QED) is 0.871. The molecule has 1 aromatic rings. The smallest absolute Gasteiger partial charge is 0.0904 e. The number of morpholine rings is 1. The van der Waals surface area contributed by atoms with Crippen molar-refractivity contribution in [2.75, 3.05) is 33.3 Å². The van der Waals surface area contributed by atoms with Crippen LogP contribution >= 0.6 is 11.3 Å². The van der Waals surface area contributed by atoms with Gasteiger partial charge < -0.3 is 10.1 Å². The van der Waals surface area contributed by atoms with Crippen molar-refractivity contribution >= 4 is 11.3 Å². The molecule has 2 rings (SSSR count). The molecule has 4 heteroatoms. The fourth-order valence-electron chi connectivity index (χ4n) is 2.52. The molecule has 1 saturated heterocycles. The van der Waals surface area contributed by atoms with Crippen molar-refractivity contribution in [2.45, 2.75) is 25.5 Å². The Labute approximate surface area is 108 Å². The first kappa shape index (κ1) is 13.0. The summed E-state index contributed by atoms with van der Waals surface area (Å²) in [4.78, 5) is 4.00. The third-order valence-corrected chi connectivity index (χ3v) is 4.15. The average Bonchev–Trinajstić information content (AvgIpc) is 2.84. The van der Waals surface area contributed by atoms with Crippen LogP contribution in [0.15, 0.2) is 17.5 Å². The molecule has 0 spiro atoms. The number of nitrogens with zero attached hydrogens (tertiary/aromatic N) is 1. The van der Waals surface area contributed by atoms with Gasteiger partial charge in [0.1, 0.15) is 0 Å². The number of hydrogen-bond acceptors (Lipinski definition) is 4. The van der Waals surface area contributed by atoms with Crippen LogP contribution in [-0.2, 0) is 4.74 Å². The monoisotopic (exact) mass is 254 g/mol. The highest BCUT2D eigenvalue weighted by atomic mass is 32.1. The Bertz CT molecular complexity index is 297. The average molecular weight is 254 g/mol. The van der Waals surface area contributed by atoms with Crippen LogP contribution in [0.4, 0.5) is 0 Å². The summed E-state index contributed by atoms with van der Waals surface area (Å²) in [5.41, 5.74) is 0. The lowest BCUT2D eigenvalue weighted by molar-refractivity contribution is -0.0692. The Balaban J connectivity index is 2.15. The Morgan fingerprint density at radius 3 is 3.12 bits per heavy atom. The molecular formula is C13H22N2OS. The van der Waals surface area contributed by atoms with Crippen molar-refractivity contribution in [1.82, 2.24) is 10.2 Å². The van der Waals surface area contributed by atoms with E-state index in [9.17, 15) is 0 Å². The summed E-state index contributed by atoms with van der Waals surface area (Å²) in [7, 11) is 1.99. The number of hydrogen-bond donors (Lipinski definition) is 1. The highest BCUT2D eigenvalue weighted by molar-refractivity contribution is 7.10. The molecule has 0 amide bonds. The van der Waals surface area contributed by atoms with Crippen LogP contribution in [0.5, 0.6) is 0 Å². The topological polar surface area (TPSA) is 24.5 Å². The fraction of sp³-hybridized carbons (Fsp3) is 0.692. The van der Waals surface area contributed by atoms with E-state index >= 15 is 0 Å². The summed E-state index contributed by atoms with van der Waals surface area (Å²) in [6.07, 6.45) is 1.48. The van der Waals surface area contributed by atoms with Gasteiger partial charge in [-0.05, 0) is 31.5 Å². The molecular weight excluding hydrogens is 232 g/mol. The first-order chi connectivity index (χ1) is 8.36. The molecule has 1 aliphatic rings. The molecule has 0 radical (unpaired) electrons. The number of likely N-dealkylation sites (N-methyl/N-ethyl adjacent to an activating group) is 1. The van der Waals surface area contributed by atoms with Crippen LogP contribution in [0.2, 0.25) is 0 Å². The molecule has 1 N–H and O–H groups in total. The summed E-state index contributed by atoms with van der Waals surface area (Å²) in [6, 6.07) is 4.79. The van der Waals surface area contributed by atoms with Crippen LogP contribution in [0, 0.1) is 0 Å². The zero-order valence-electron chi connectivity index (χ0n) is 10.7. The maximum Gasteiger partial charge on any atom is 0.0904 e. The fourth-order valence-corrected chi connectivity index (χ4v) is 3.43. The third kappa shape index (κ3) is 3.07. The van der Waals surface area contributed by atoms with E-state index in [1.807, 2.05) is 18.4 Å². The Hall–Kier alpha value is -0.420. The van der Waals surface area contributed by atoms with E-state index in [0.29, 0.717) is 6.04 Å². The second-order valence-corrected chi connectivity index (χ2v) is 5.44. The van der Waals surface area contributed by atoms with Crippen LogP contribution in [-0.4, -0.2) is 44.3 Å². The van der Waals surface area contributed by atoms with Crippen molar-refractivity contribution in [2.24, 2.45) is 0 Å². The number of ether oxygens (including phenoxy) is 1. The van der Waals surface area contributed by atoms with Crippen molar-refractivity contribution in [3.8, 4) is 0 Å². The van der Waals surface area contributed by atoms with Gasteiger partial charge in [0.2, 0.25) is 0 Å². The minimum atomic E-state index is 0.277. The van der Waals surface area contributed by atoms with Gasteiger partial charge in [0.05, 0.1) is 18.8 Å². The van der Waals surface area contributed by atoms with Gasteiger partial charge in [-0.1, -0.05) is 13.0 Å². The van der Waals surface area contributed by atoms with E-state index in [0.717, 1.165) is 26.2 Å². The Kier molecular flexibility index (Phi) is 4.98. The molecule has 1 aliphatic heterocycles. The first-order valence-electron chi connectivity index (χ1n) is 6.40. The van der Waals surface area contributed by atoms with Crippen molar-refractivity contribution < 1.29 is 4.74 Å². The highest BCUT2D eigenvalue weighted by Gasteiger charge is 2.33. The van der Waals surface area contributed by atoms with E-state index in [2.05, 4.69) is 34.7 Å². The summed E-state index contributed by atoms with van der Waals surface area (Å²) in [5.74, 6) is 0. The first-order valence-corrected chi connectivity index (χ1v) is 7.28. The van der Waals surface area contributed by atoms with Crippen LogP contribution in [0.1, 0.15) is 24.3 Å². The van der Waals surface area contributed by atoms with Gasteiger partial charge in [0.25, 0.3) is 0 Å². The SMILES string of the molecule is CCCN1CCOC(CNC)C1c1cccs1. The number of rotatable bonds is 5. The number of nitrogens with one attached hydrogen (secondary N) is 1. The maximum absolute atomic E-state index is 5.93.